The van der Waals surface area contributed by atoms with Crippen LogP contribution in [0.25, 0.3) is 0 Å². The Labute approximate surface area is 93.2 Å². The van der Waals surface area contributed by atoms with Crippen LogP contribution in [-0.4, -0.2) is 18.3 Å². The molecule has 3 nitrogen and oxygen atoms in total. The van der Waals surface area contributed by atoms with Gasteiger partial charge in [-0.3, -0.25) is 4.79 Å². The lowest BCUT2D eigenvalue weighted by Crippen LogP contribution is -2.22. The third kappa shape index (κ3) is 1.95. The van der Waals surface area contributed by atoms with Crippen LogP contribution in [0.5, 0.6) is 5.75 Å². The number of benzene rings is 1. The zero-order valence-electron chi connectivity index (χ0n) is 8.69. The second-order valence-corrected chi connectivity index (χ2v) is 4.86. The molecule has 0 aromatic heterocycles. The number of hydrogen-bond acceptors (Lipinski definition) is 3. The summed E-state index contributed by atoms with van der Waals surface area (Å²) < 4.78 is 5.26. The van der Waals surface area contributed by atoms with Gasteiger partial charge in [0.2, 0.25) is 5.91 Å². The van der Waals surface area contributed by atoms with Gasteiger partial charge in [-0.05, 0) is 13.0 Å². The highest BCUT2D eigenvalue weighted by Crippen LogP contribution is 2.39. The van der Waals surface area contributed by atoms with Gasteiger partial charge in [-0.2, -0.15) is 0 Å². The van der Waals surface area contributed by atoms with Crippen molar-refractivity contribution in [2.24, 2.45) is 0 Å². The van der Waals surface area contributed by atoms with Crippen LogP contribution in [0.4, 0.5) is 0 Å². The molecule has 1 aromatic carbocycles. The van der Waals surface area contributed by atoms with Crippen molar-refractivity contribution in [3.63, 3.8) is 0 Å². The second kappa shape index (κ2) is 4.14. The van der Waals surface area contributed by atoms with Crippen LogP contribution < -0.4 is 10.1 Å². The van der Waals surface area contributed by atoms with E-state index in [-0.39, 0.29) is 16.5 Å². The number of amides is 1. The normalized spacial score (nSPS) is 25.1. The molecular formula is C11H13NO2S. The van der Waals surface area contributed by atoms with Crippen LogP contribution in [0.2, 0.25) is 0 Å². The van der Waals surface area contributed by atoms with Crippen molar-refractivity contribution in [1.29, 1.82) is 0 Å². The summed E-state index contributed by atoms with van der Waals surface area (Å²) in [4.78, 5) is 11.4. The average molecular weight is 223 g/mol. The van der Waals surface area contributed by atoms with E-state index in [0.29, 0.717) is 0 Å². The highest BCUT2D eigenvalue weighted by molar-refractivity contribution is 8.01. The van der Waals surface area contributed by atoms with Crippen molar-refractivity contribution in [1.82, 2.24) is 5.32 Å². The first kappa shape index (κ1) is 10.4. The van der Waals surface area contributed by atoms with Gasteiger partial charge < -0.3 is 10.1 Å². The number of thioether (sulfide) groups is 1. The third-order valence-corrected chi connectivity index (χ3v) is 3.67. The summed E-state index contributed by atoms with van der Waals surface area (Å²) in [5.74, 6) is 0.917. The van der Waals surface area contributed by atoms with Crippen LogP contribution >= 0.6 is 11.8 Å². The standard InChI is InChI=1S/C11H13NO2S/c1-7-10(13)12-11(15-7)8-5-3-4-6-9(8)14-2/h3-7,11H,1-2H3,(H,12,13). The van der Waals surface area contributed by atoms with Crippen LogP contribution in [0.15, 0.2) is 24.3 Å². The molecule has 1 aromatic rings. The van der Waals surface area contributed by atoms with Crippen molar-refractivity contribution >= 4 is 17.7 Å². The van der Waals surface area contributed by atoms with Gasteiger partial charge in [0.05, 0.1) is 12.4 Å². The molecule has 1 aliphatic heterocycles. The summed E-state index contributed by atoms with van der Waals surface area (Å²) in [5, 5.41) is 2.97. The summed E-state index contributed by atoms with van der Waals surface area (Å²) >= 11 is 1.62. The topological polar surface area (TPSA) is 38.3 Å². The second-order valence-electron chi connectivity index (χ2n) is 3.41. The zero-order chi connectivity index (χ0) is 10.8. The number of carbonyl (C=O) groups excluding carboxylic acids is 1. The average Bonchev–Trinajstić information content (AvgIpc) is 2.59. The van der Waals surface area contributed by atoms with Gasteiger partial charge in [0.25, 0.3) is 0 Å². The molecule has 0 spiro atoms. The molecule has 1 aliphatic rings. The number of carbonyl (C=O) groups is 1. The molecular weight excluding hydrogens is 210 g/mol. The quantitative estimate of drug-likeness (QED) is 0.832. The van der Waals surface area contributed by atoms with E-state index in [0.717, 1.165) is 11.3 Å². The summed E-state index contributed by atoms with van der Waals surface area (Å²) in [6, 6.07) is 7.76. The Morgan fingerprint density at radius 1 is 1.40 bits per heavy atom. The van der Waals surface area contributed by atoms with Crippen LogP contribution in [0.3, 0.4) is 0 Å². The molecule has 0 saturated carbocycles. The summed E-state index contributed by atoms with van der Waals surface area (Å²) in [7, 11) is 1.64. The van der Waals surface area contributed by atoms with Gasteiger partial charge in [0.1, 0.15) is 11.1 Å². The Morgan fingerprint density at radius 3 is 2.73 bits per heavy atom. The van der Waals surface area contributed by atoms with Gasteiger partial charge in [-0.1, -0.05) is 18.2 Å². The lowest BCUT2D eigenvalue weighted by Gasteiger charge is -2.13. The largest absolute Gasteiger partial charge is 0.496 e. The number of para-hydroxylation sites is 1. The van der Waals surface area contributed by atoms with Crippen LogP contribution in [-0.2, 0) is 4.79 Å². The van der Waals surface area contributed by atoms with Crippen molar-refractivity contribution in [2.75, 3.05) is 7.11 Å². The first-order valence-electron chi connectivity index (χ1n) is 4.81. The molecule has 1 fully saturated rings. The first-order valence-corrected chi connectivity index (χ1v) is 5.75. The Bertz CT molecular complexity index is 381. The highest BCUT2D eigenvalue weighted by Gasteiger charge is 2.31. The van der Waals surface area contributed by atoms with E-state index < -0.39 is 0 Å². The number of rotatable bonds is 2. The van der Waals surface area contributed by atoms with Gasteiger partial charge in [-0.15, -0.1) is 11.8 Å². The Kier molecular flexibility index (Phi) is 2.86. The van der Waals surface area contributed by atoms with Gasteiger partial charge in [-0.25, -0.2) is 0 Å². The monoisotopic (exact) mass is 223 g/mol. The molecule has 80 valence electrons. The fourth-order valence-electron chi connectivity index (χ4n) is 1.58. The molecule has 1 amide bonds. The predicted octanol–water partition coefficient (Wildman–Crippen LogP) is 1.95. The minimum Gasteiger partial charge on any atom is -0.496 e. The molecule has 2 unspecified atom stereocenters. The highest BCUT2D eigenvalue weighted by atomic mass is 32.2. The number of nitrogens with one attached hydrogen (secondary N) is 1. The molecule has 2 atom stereocenters. The lowest BCUT2D eigenvalue weighted by molar-refractivity contribution is -0.119. The predicted molar refractivity (Wildman–Crippen MR) is 60.9 cm³/mol. The maximum absolute atomic E-state index is 11.4. The minimum absolute atomic E-state index is 0.0138. The number of hydrogen-bond donors (Lipinski definition) is 1. The Morgan fingerprint density at radius 2 is 2.13 bits per heavy atom. The van der Waals surface area contributed by atoms with Gasteiger partial charge in [0, 0.05) is 5.56 Å². The molecule has 0 bridgehead atoms. The molecule has 0 aliphatic carbocycles. The first-order chi connectivity index (χ1) is 7.22. The van der Waals surface area contributed by atoms with Crippen molar-refractivity contribution in [3.8, 4) is 5.75 Å². The van der Waals surface area contributed by atoms with E-state index in [4.69, 9.17) is 4.74 Å². The van der Waals surface area contributed by atoms with Crippen molar-refractivity contribution in [3.05, 3.63) is 29.8 Å². The molecule has 1 saturated heterocycles. The number of ether oxygens (including phenoxy) is 1. The van der Waals surface area contributed by atoms with Crippen molar-refractivity contribution in [2.45, 2.75) is 17.5 Å². The van der Waals surface area contributed by atoms with E-state index in [9.17, 15) is 4.79 Å². The van der Waals surface area contributed by atoms with Crippen LogP contribution in [0.1, 0.15) is 17.9 Å². The van der Waals surface area contributed by atoms with Crippen LogP contribution in [0, 0.1) is 0 Å². The number of methoxy groups -OCH3 is 1. The molecule has 1 heterocycles. The Balaban J connectivity index is 2.27. The van der Waals surface area contributed by atoms with E-state index in [1.165, 1.54) is 0 Å². The lowest BCUT2D eigenvalue weighted by atomic mass is 10.2. The van der Waals surface area contributed by atoms with E-state index in [2.05, 4.69) is 5.32 Å². The molecule has 15 heavy (non-hydrogen) atoms. The van der Waals surface area contributed by atoms with Gasteiger partial charge in [0.15, 0.2) is 0 Å². The van der Waals surface area contributed by atoms with Gasteiger partial charge >= 0.3 is 0 Å². The van der Waals surface area contributed by atoms with E-state index >= 15 is 0 Å². The third-order valence-electron chi connectivity index (χ3n) is 2.40. The minimum atomic E-state index is 0.0138. The SMILES string of the molecule is COc1ccccc1C1NC(=O)C(C)S1. The smallest absolute Gasteiger partial charge is 0.234 e. The maximum atomic E-state index is 11.4. The molecule has 4 heteroatoms. The zero-order valence-corrected chi connectivity index (χ0v) is 9.51. The summed E-state index contributed by atoms with van der Waals surface area (Å²) in [5.41, 5.74) is 1.03. The molecule has 2 rings (SSSR count). The summed E-state index contributed by atoms with van der Waals surface area (Å²) in [6.45, 7) is 1.91. The van der Waals surface area contributed by atoms with E-state index in [1.54, 1.807) is 18.9 Å². The molecule has 1 N–H and O–H groups in total. The fourth-order valence-corrected chi connectivity index (χ4v) is 2.71. The molecule has 0 radical (unpaired) electrons. The van der Waals surface area contributed by atoms with E-state index in [1.807, 2.05) is 31.2 Å². The van der Waals surface area contributed by atoms with Crippen molar-refractivity contribution < 1.29 is 9.53 Å². The maximum Gasteiger partial charge on any atom is 0.234 e. The fraction of sp³-hybridized carbons (Fsp3) is 0.364. The summed E-state index contributed by atoms with van der Waals surface area (Å²) in [6.07, 6.45) is 0. The Hall–Kier alpha value is -1.16.